The third-order valence-corrected chi connectivity index (χ3v) is 4.56. The number of hydrogen-bond acceptors (Lipinski definition) is 7. The summed E-state index contributed by atoms with van der Waals surface area (Å²) < 4.78 is 17.2. The Balaban J connectivity index is 2.13. The van der Waals surface area contributed by atoms with Gasteiger partial charge in [-0.1, -0.05) is 13.8 Å². The van der Waals surface area contributed by atoms with Crippen molar-refractivity contribution in [3.63, 3.8) is 0 Å². The summed E-state index contributed by atoms with van der Waals surface area (Å²) in [5.74, 6) is 0.000413. The number of anilines is 1. The van der Waals surface area contributed by atoms with Crippen LogP contribution in [0.2, 0.25) is 0 Å². The van der Waals surface area contributed by atoms with Gasteiger partial charge < -0.3 is 23.7 Å². The molecule has 0 spiro atoms. The molecule has 1 aliphatic heterocycles. The number of methoxy groups -OCH3 is 2. The number of rotatable bonds is 4. The minimum absolute atomic E-state index is 0.0169. The van der Waals surface area contributed by atoms with E-state index in [2.05, 4.69) is 13.8 Å². The highest BCUT2D eigenvalue weighted by Gasteiger charge is 2.32. The maximum atomic E-state index is 12.4. The molecule has 27 heavy (non-hydrogen) atoms. The lowest BCUT2D eigenvalue weighted by molar-refractivity contribution is -0.140. The Morgan fingerprint density at radius 1 is 1.19 bits per heavy atom. The van der Waals surface area contributed by atoms with Gasteiger partial charge in [-0.15, -0.1) is 0 Å². The molecule has 0 saturated heterocycles. The van der Waals surface area contributed by atoms with Gasteiger partial charge in [0.1, 0.15) is 18.3 Å². The molecule has 0 bridgehead atoms. The van der Waals surface area contributed by atoms with Crippen LogP contribution >= 0.6 is 0 Å². The van der Waals surface area contributed by atoms with Crippen LogP contribution in [0.1, 0.15) is 25.6 Å². The zero-order chi connectivity index (χ0) is 19.7. The van der Waals surface area contributed by atoms with E-state index in [4.69, 9.17) is 19.2 Å². The lowest BCUT2D eigenvalue weighted by Crippen LogP contribution is -2.38. The van der Waals surface area contributed by atoms with Gasteiger partial charge in [-0.2, -0.15) is 0 Å². The smallest absolute Gasteiger partial charge is 0.355 e. The van der Waals surface area contributed by atoms with Crippen molar-refractivity contribution >= 4 is 28.7 Å². The minimum atomic E-state index is -0.624. The van der Waals surface area contributed by atoms with E-state index in [-0.39, 0.29) is 30.5 Å². The molecule has 8 nitrogen and oxygen atoms in total. The quantitative estimate of drug-likeness (QED) is 0.759. The van der Waals surface area contributed by atoms with Gasteiger partial charge in [-0.3, -0.25) is 0 Å². The number of aromatic nitrogens is 2. The SMILES string of the molecule is COC(=O)C1=C(C(=O)OC)N(c2ccc3c(c2)nc(C(C)C)n3C)COC1. The Morgan fingerprint density at radius 3 is 2.52 bits per heavy atom. The van der Waals surface area contributed by atoms with Gasteiger partial charge >= 0.3 is 11.9 Å². The Bertz CT molecular complexity index is 929. The lowest BCUT2D eigenvalue weighted by atomic mass is 10.1. The fourth-order valence-electron chi connectivity index (χ4n) is 3.24. The third-order valence-electron chi connectivity index (χ3n) is 4.56. The molecule has 8 heteroatoms. The second kappa shape index (κ2) is 7.40. The Hall–Kier alpha value is -2.87. The van der Waals surface area contributed by atoms with Gasteiger partial charge in [0.2, 0.25) is 0 Å². The van der Waals surface area contributed by atoms with E-state index in [0.717, 1.165) is 16.9 Å². The molecule has 144 valence electrons. The Morgan fingerprint density at radius 2 is 1.89 bits per heavy atom. The van der Waals surface area contributed by atoms with Gasteiger partial charge in [-0.05, 0) is 18.2 Å². The number of carbonyl (C=O) groups excluding carboxylic acids is 2. The van der Waals surface area contributed by atoms with E-state index in [0.29, 0.717) is 5.69 Å². The van der Waals surface area contributed by atoms with E-state index in [1.165, 1.54) is 14.2 Å². The van der Waals surface area contributed by atoms with Crippen molar-refractivity contribution in [2.45, 2.75) is 19.8 Å². The van der Waals surface area contributed by atoms with Gasteiger partial charge in [0.05, 0.1) is 37.4 Å². The summed E-state index contributed by atoms with van der Waals surface area (Å²) in [5.41, 5.74) is 2.71. The molecule has 0 aliphatic carbocycles. The summed E-state index contributed by atoms with van der Waals surface area (Å²) in [6.07, 6.45) is 0. The second-order valence-electron chi connectivity index (χ2n) is 6.57. The topological polar surface area (TPSA) is 82.9 Å². The number of esters is 2. The molecule has 0 fully saturated rings. The summed E-state index contributed by atoms with van der Waals surface area (Å²) in [6.45, 7) is 4.26. The van der Waals surface area contributed by atoms with Crippen molar-refractivity contribution in [1.29, 1.82) is 0 Å². The Labute approximate surface area is 157 Å². The number of ether oxygens (including phenoxy) is 3. The molecular weight excluding hydrogens is 350 g/mol. The molecule has 0 saturated carbocycles. The van der Waals surface area contributed by atoms with Crippen LogP contribution < -0.4 is 4.90 Å². The molecule has 1 aliphatic rings. The summed E-state index contributed by atoms with van der Waals surface area (Å²) >= 11 is 0. The number of benzene rings is 1. The van der Waals surface area contributed by atoms with Crippen LogP contribution in [0.4, 0.5) is 5.69 Å². The highest BCUT2D eigenvalue weighted by atomic mass is 16.5. The summed E-state index contributed by atoms with van der Waals surface area (Å²) in [5, 5.41) is 0. The highest BCUT2D eigenvalue weighted by molar-refractivity contribution is 6.03. The Kier molecular flexibility index (Phi) is 5.18. The molecule has 2 heterocycles. The zero-order valence-corrected chi connectivity index (χ0v) is 16.1. The van der Waals surface area contributed by atoms with Gasteiger partial charge in [0, 0.05) is 18.7 Å². The highest BCUT2D eigenvalue weighted by Crippen LogP contribution is 2.30. The van der Waals surface area contributed by atoms with Crippen molar-refractivity contribution in [3.05, 3.63) is 35.3 Å². The van der Waals surface area contributed by atoms with Gasteiger partial charge in [-0.25, -0.2) is 14.6 Å². The number of carbonyl (C=O) groups is 2. The normalized spacial score (nSPS) is 14.8. The van der Waals surface area contributed by atoms with E-state index in [9.17, 15) is 9.59 Å². The third kappa shape index (κ3) is 3.28. The van der Waals surface area contributed by atoms with Crippen molar-refractivity contribution in [2.75, 3.05) is 32.5 Å². The average Bonchev–Trinajstić information content (AvgIpc) is 3.02. The van der Waals surface area contributed by atoms with E-state index in [1.54, 1.807) is 4.90 Å². The number of imidazole rings is 1. The van der Waals surface area contributed by atoms with E-state index in [1.807, 2.05) is 29.8 Å². The van der Waals surface area contributed by atoms with Crippen LogP contribution in [0.25, 0.3) is 11.0 Å². The van der Waals surface area contributed by atoms with Crippen molar-refractivity contribution in [2.24, 2.45) is 7.05 Å². The molecule has 1 aromatic carbocycles. The molecule has 2 aromatic rings. The predicted molar refractivity (Wildman–Crippen MR) is 99.2 cm³/mol. The first-order valence-electron chi connectivity index (χ1n) is 8.60. The summed E-state index contributed by atoms with van der Waals surface area (Å²) in [4.78, 5) is 30.8. The maximum Gasteiger partial charge on any atom is 0.355 e. The monoisotopic (exact) mass is 373 g/mol. The second-order valence-corrected chi connectivity index (χ2v) is 6.57. The van der Waals surface area contributed by atoms with Crippen molar-refractivity contribution < 1.29 is 23.8 Å². The number of nitrogens with zero attached hydrogens (tertiary/aromatic N) is 3. The molecule has 0 amide bonds. The molecule has 3 rings (SSSR count). The average molecular weight is 373 g/mol. The fraction of sp³-hybridized carbons (Fsp3) is 0.421. The predicted octanol–water partition coefficient (Wildman–Crippen LogP) is 2.09. The number of aryl methyl sites for hydroxylation is 1. The van der Waals surface area contributed by atoms with Crippen molar-refractivity contribution in [1.82, 2.24) is 9.55 Å². The molecule has 1 aromatic heterocycles. The van der Waals surface area contributed by atoms with Crippen LogP contribution in [0.5, 0.6) is 0 Å². The first-order valence-corrected chi connectivity index (χ1v) is 8.60. The van der Waals surface area contributed by atoms with Crippen LogP contribution in [0.15, 0.2) is 29.5 Å². The van der Waals surface area contributed by atoms with Crippen molar-refractivity contribution in [3.8, 4) is 0 Å². The van der Waals surface area contributed by atoms with Crippen LogP contribution in [0.3, 0.4) is 0 Å². The van der Waals surface area contributed by atoms with Crippen LogP contribution in [-0.2, 0) is 30.8 Å². The van der Waals surface area contributed by atoms with E-state index >= 15 is 0 Å². The first kappa shape index (κ1) is 18.9. The van der Waals surface area contributed by atoms with Crippen LogP contribution in [0, 0.1) is 0 Å². The largest absolute Gasteiger partial charge is 0.466 e. The van der Waals surface area contributed by atoms with E-state index < -0.39 is 11.9 Å². The fourth-order valence-corrected chi connectivity index (χ4v) is 3.24. The van der Waals surface area contributed by atoms with Gasteiger partial charge in [0.25, 0.3) is 0 Å². The molecular formula is C19H23N3O5. The van der Waals surface area contributed by atoms with Crippen LogP contribution in [-0.4, -0.2) is 49.0 Å². The zero-order valence-electron chi connectivity index (χ0n) is 16.1. The maximum absolute atomic E-state index is 12.4. The molecule has 0 atom stereocenters. The standard InChI is InChI=1S/C19H23N3O5/c1-11(2)17-20-14-8-12(6-7-15(14)21(17)3)22-10-27-9-13(18(23)25-4)16(22)19(24)26-5/h6-8,11H,9-10H2,1-5H3. The lowest BCUT2D eigenvalue weighted by Gasteiger charge is -2.31. The summed E-state index contributed by atoms with van der Waals surface area (Å²) in [6, 6.07) is 5.67. The number of fused-ring (bicyclic) bond motifs is 1. The molecule has 0 N–H and O–H groups in total. The number of hydrogen-bond donors (Lipinski definition) is 0. The van der Waals surface area contributed by atoms with Gasteiger partial charge in [0.15, 0.2) is 0 Å². The summed E-state index contributed by atoms with van der Waals surface area (Å²) in [7, 11) is 4.51. The molecule has 0 unspecified atom stereocenters. The first-order chi connectivity index (χ1) is 12.9. The minimum Gasteiger partial charge on any atom is -0.466 e. The molecule has 0 radical (unpaired) electrons.